The van der Waals surface area contributed by atoms with Gasteiger partial charge in [0.2, 0.25) is 0 Å². The van der Waals surface area contributed by atoms with Crippen molar-refractivity contribution in [3.63, 3.8) is 0 Å². The molecule has 0 fully saturated rings. The molecule has 106 valence electrons. The lowest BCUT2D eigenvalue weighted by Gasteiger charge is -2.23. The van der Waals surface area contributed by atoms with Crippen molar-refractivity contribution < 1.29 is 0 Å². The summed E-state index contributed by atoms with van der Waals surface area (Å²) >= 11 is 0. The first-order valence-electron chi connectivity index (χ1n) is 7.09. The fourth-order valence-corrected chi connectivity index (χ4v) is 2.27. The van der Waals surface area contributed by atoms with Crippen LogP contribution in [0.25, 0.3) is 0 Å². The largest absolute Gasteiger partial charge is 0.359 e. The number of hydrogen-bond acceptors (Lipinski definition) is 3. The Kier molecular flexibility index (Phi) is 5.13. The second-order valence-electron chi connectivity index (χ2n) is 5.08. The molecule has 1 unspecified atom stereocenters. The van der Waals surface area contributed by atoms with Gasteiger partial charge in [0.1, 0.15) is 5.82 Å². The second kappa shape index (κ2) is 7.06. The molecule has 0 radical (unpaired) electrons. The van der Waals surface area contributed by atoms with E-state index in [1.807, 2.05) is 19.3 Å². The fraction of sp³-hybridized carbons (Fsp3) is 0.353. The summed E-state index contributed by atoms with van der Waals surface area (Å²) in [7, 11) is 4.09. The molecule has 0 saturated heterocycles. The van der Waals surface area contributed by atoms with Crippen LogP contribution >= 0.6 is 0 Å². The highest BCUT2D eigenvalue weighted by molar-refractivity contribution is 5.47. The third-order valence-corrected chi connectivity index (χ3v) is 3.66. The summed E-state index contributed by atoms with van der Waals surface area (Å²) in [5.74, 6) is 1.06. The first kappa shape index (κ1) is 14.5. The Labute approximate surface area is 121 Å². The quantitative estimate of drug-likeness (QED) is 0.873. The summed E-state index contributed by atoms with van der Waals surface area (Å²) in [6, 6.07) is 15.0. The van der Waals surface area contributed by atoms with Crippen LogP contribution in [-0.4, -0.2) is 25.6 Å². The Morgan fingerprint density at radius 3 is 2.60 bits per heavy atom. The summed E-state index contributed by atoms with van der Waals surface area (Å²) < 4.78 is 0. The van der Waals surface area contributed by atoms with Gasteiger partial charge in [0.05, 0.1) is 0 Å². The van der Waals surface area contributed by atoms with Gasteiger partial charge >= 0.3 is 0 Å². The van der Waals surface area contributed by atoms with Gasteiger partial charge in [-0.25, -0.2) is 4.98 Å². The van der Waals surface area contributed by atoms with Gasteiger partial charge in [-0.05, 0) is 32.0 Å². The summed E-state index contributed by atoms with van der Waals surface area (Å²) in [6.45, 7) is 3.12. The number of likely N-dealkylation sites (N-methyl/N-ethyl adjacent to an activating group) is 1. The molecule has 0 aliphatic heterocycles. The summed E-state index contributed by atoms with van der Waals surface area (Å²) in [5.41, 5.74) is 2.60. The molecule has 2 rings (SSSR count). The zero-order valence-corrected chi connectivity index (χ0v) is 12.5. The smallest absolute Gasteiger partial charge is 0.133 e. The molecule has 1 aromatic carbocycles. The van der Waals surface area contributed by atoms with Crippen LogP contribution in [0.5, 0.6) is 0 Å². The van der Waals surface area contributed by atoms with E-state index < -0.39 is 0 Å². The fourth-order valence-electron chi connectivity index (χ4n) is 2.27. The van der Waals surface area contributed by atoms with Crippen LogP contribution < -0.4 is 10.2 Å². The normalized spacial score (nSPS) is 12.2. The molecule has 0 aliphatic carbocycles. The molecule has 2 aromatic rings. The number of aromatic nitrogens is 1. The minimum absolute atomic E-state index is 0.304. The topological polar surface area (TPSA) is 28.2 Å². The minimum atomic E-state index is 0.304. The van der Waals surface area contributed by atoms with E-state index in [1.54, 1.807) is 0 Å². The highest BCUT2D eigenvalue weighted by Gasteiger charge is 2.12. The van der Waals surface area contributed by atoms with Crippen LogP contribution in [-0.2, 0) is 6.42 Å². The van der Waals surface area contributed by atoms with Crippen molar-refractivity contribution in [3.05, 3.63) is 59.8 Å². The Hall–Kier alpha value is -1.87. The van der Waals surface area contributed by atoms with Crippen molar-refractivity contribution in [2.45, 2.75) is 19.4 Å². The number of rotatable bonds is 6. The van der Waals surface area contributed by atoms with E-state index >= 15 is 0 Å². The van der Waals surface area contributed by atoms with Crippen molar-refractivity contribution in [1.29, 1.82) is 0 Å². The third kappa shape index (κ3) is 3.58. The average Bonchev–Trinajstić information content (AvgIpc) is 2.52. The SMILES string of the molecule is CNC(C)c1cccnc1N(C)CCc1ccccc1. The molecular formula is C17H23N3. The Morgan fingerprint density at radius 2 is 1.90 bits per heavy atom. The van der Waals surface area contributed by atoms with Gasteiger partial charge in [-0.1, -0.05) is 36.4 Å². The molecule has 0 bridgehead atoms. The molecule has 3 nitrogen and oxygen atoms in total. The maximum Gasteiger partial charge on any atom is 0.133 e. The lowest BCUT2D eigenvalue weighted by molar-refractivity contribution is 0.646. The van der Waals surface area contributed by atoms with Crippen LogP contribution in [0.2, 0.25) is 0 Å². The predicted octanol–water partition coefficient (Wildman–Crippen LogP) is 3.04. The third-order valence-electron chi connectivity index (χ3n) is 3.66. The van der Waals surface area contributed by atoms with Crippen LogP contribution in [0.3, 0.4) is 0 Å². The molecular weight excluding hydrogens is 246 g/mol. The van der Waals surface area contributed by atoms with E-state index in [-0.39, 0.29) is 0 Å². The van der Waals surface area contributed by atoms with Crippen LogP contribution in [0.4, 0.5) is 5.82 Å². The summed E-state index contributed by atoms with van der Waals surface area (Å²) in [5, 5.41) is 3.28. The minimum Gasteiger partial charge on any atom is -0.359 e. The number of hydrogen-bond donors (Lipinski definition) is 1. The molecule has 1 heterocycles. The van der Waals surface area contributed by atoms with E-state index in [2.05, 4.69) is 65.6 Å². The molecule has 0 saturated carbocycles. The molecule has 3 heteroatoms. The van der Waals surface area contributed by atoms with Crippen LogP contribution in [0.15, 0.2) is 48.7 Å². The molecule has 1 N–H and O–H groups in total. The lowest BCUT2D eigenvalue weighted by atomic mass is 10.1. The van der Waals surface area contributed by atoms with Gasteiger partial charge in [0.25, 0.3) is 0 Å². The Balaban J connectivity index is 2.07. The van der Waals surface area contributed by atoms with Gasteiger partial charge in [0, 0.05) is 31.4 Å². The first-order valence-corrected chi connectivity index (χ1v) is 7.09. The van der Waals surface area contributed by atoms with Crippen molar-refractivity contribution in [2.75, 3.05) is 25.5 Å². The van der Waals surface area contributed by atoms with E-state index in [1.165, 1.54) is 11.1 Å². The van der Waals surface area contributed by atoms with Gasteiger partial charge in [-0.3, -0.25) is 0 Å². The molecule has 0 aliphatic rings. The van der Waals surface area contributed by atoms with Crippen molar-refractivity contribution in [2.24, 2.45) is 0 Å². The Bertz CT molecular complexity index is 525. The summed E-state index contributed by atoms with van der Waals surface area (Å²) in [4.78, 5) is 6.78. The zero-order chi connectivity index (χ0) is 14.4. The van der Waals surface area contributed by atoms with Crippen molar-refractivity contribution in [1.82, 2.24) is 10.3 Å². The molecule has 0 amide bonds. The monoisotopic (exact) mass is 269 g/mol. The summed E-state index contributed by atoms with van der Waals surface area (Å²) in [6.07, 6.45) is 2.89. The molecule has 20 heavy (non-hydrogen) atoms. The average molecular weight is 269 g/mol. The molecule has 1 aromatic heterocycles. The number of pyridine rings is 1. The van der Waals surface area contributed by atoms with Crippen LogP contribution in [0.1, 0.15) is 24.1 Å². The number of benzene rings is 1. The second-order valence-corrected chi connectivity index (χ2v) is 5.08. The number of nitrogens with one attached hydrogen (secondary N) is 1. The number of anilines is 1. The van der Waals surface area contributed by atoms with Gasteiger partial charge < -0.3 is 10.2 Å². The van der Waals surface area contributed by atoms with E-state index in [0.717, 1.165) is 18.8 Å². The van der Waals surface area contributed by atoms with Crippen LogP contribution in [0, 0.1) is 0 Å². The van der Waals surface area contributed by atoms with E-state index in [9.17, 15) is 0 Å². The van der Waals surface area contributed by atoms with Gasteiger partial charge in [-0.2, -0.15) is 0 Å². The van der Waals surface area contributed by atoms with Crippen molar-refractivity contribution >= 4 is 5.82 Å². The van der Waals surface area contributed by atoms with Gasteiger partial charge in [-0.15, -0.1) is 0 Å². The maximum absolute atomic E-state index is 4.55. The van der Waals surface area contributed by atoms with E-state index in [4.69, 9.17) is 0 Å². The zero-order valence-electron chi connectivity index (χ0n) is 12.5. The standard InChI is InChI=1S/C17H23N3/c1-14(18-2)16-10-7-12-19-17(16)20(3)13-11-15-8-5-4-6-9-15/h4-10,12,14,18H,11,13H2,1-3H3. The first-order chi connectivity index (χ1) is 9.72. The predicted molar refractivity (Wildman–Crippen MR) is 85.1 cm³/mol. The molecule has 0 spiro atoms. The van der Waals surface area contributed by atoms with Crippen molar-refractivity contribution in [3.8, 4) is 0 Å². The highest BCUT2D eigenvalue weighted by atomic mass is 15.2. The Morgan fingerprint density at radius 1 is 1.15 bits per heavy atom. The lowest BCUT2D eigenvalue weighted by Crippen LogP contribution is -2.25. The van der Waals surface area contributed by atoms with E-state index in [0.29, 0.717) is 6.04 Å². The molecule has 1 atom stereocenters. The highest BCUT2D eigenvalue weighted by Crippen LogP contribution is 2.22. The van der Waals surface area contributed by atoms with Gasteiger partial charge in [0.15, 0.2) is 0 Å². The number of nitrogens with zero attached hydrogens (tertiary/aromatic N) is 2. The maximum atomic E-state index is 4.55.